The summed E-state index contributed by atoms with van der Waals surface area (Å²) in [5.41, 5.74) is 3.34. The highest BCUT2D eigenvalue weighted by molar-refractivity contribution is 5.68. The summed E-state index contributed by atoms with van der Waals surface area (Å²) in [7, 11) is 0. The zero-order valence-corrected chi connectivity index (χ0v) is 8.65. The van der Waals surface area contributed by atoms with Gasteiger partial charge < -0.3 is 5.11 Å². The fourth-order valence-electron chi connectivity index (χ4n) is 1.03. The van der Waals surface area contributed by atoms with Gasteiger partial charge in [0, 0.05) is 11.8 Å². The maximum atomic E-state index is 10.2. The first-order valence-electron chi connectivity index (χ1n) is 4.56. The molecule has 6 nitrogen and oxygen atoms in total. The van der Waals surface area contributed by atoms with E-state index >= 15 is 0 Å². The molecule has 15 heavy (non-hydrogen) atoms. The minimum Gasteiger partial charge on any atom is -0.479 e. The smallest absolute Gasteiger partial charge is 0.332 e. The second-order valence-corrected chi connectivity index (χ2v) is 2.93. The predicted octanol–water partition coefficient (Wildman–Crippen LogP) is 0.776. The zero-order valence-electron chi connectivity index (χ0n) is 8.65. The molecule has 0 bridgehead atoms. The highest BCUT2D eigenvalue weighted by Crippen LogP contribution is 2.06. The van der Waals surface area contributed by atoms with Gasteiger partial charge in [0.05, 0.1) is 0 Å². The average molecular weight is 211 g/mol. The van der Waals surface area contributed by atoms with Crippen molar-refractivity contribution in [3.05, 3.63) is 17.6 Å². The average Bonchev–Trinajstić information content (AvgIpc) is 2.16. The number of aliphatic carboxylic acids is 1. The number of aryl methyl sites for hydroxylation is 2. The van der Waals surface area contributed by atoms with E-state index in [1.54, 1.807) is 13.0 Å². The molecule has 0 aliphatic rings. The van der Waals surface area contributed by atoms with Crippen LogP contribution in [0.1, 0.15) is 18.4 Å². The Kier molecular flexibility index (Phi) is 3.99. The van der Waals surface area contributed by atoms with E-state index in [1.165, 1.54) is 0 Å². The first kappa shape index (κ1) is 11.4. The van der Waals surface area contributed by atoms with E-state index in [2.05, 4.69) is 15.4 Å². The van der Waals surface area contributed by atoms with E-state index in [0.29, 0.717) is 11.6 Å². The third-order valence-corrected chi connectivity index (χ3v) is 1.63. The summed E-state index contributed by atoms with van der Waals surface area (Å²) in [6, 6.07) is 1.72. The third kappa shape index (κ3) is 3.90. The fraction of sp³-hybridized carbons (Fsp3) is 0.444. The van der Waals surface area contributed by atoms with Crippen LogP contribution in [0.25, 0.3) is 0 Å². The Hall–Kier alpha value is -1.69. The van der Waals surface area contributed by atoms with Gasteiger partial charge in [-0.2, -0.15) is 0 Å². The Bertz CT molecular complexity index is 354. The molecule has 6 heteroatoms. The van der Waals surface area contributed by atoms with Crippen LogP contribution in [0.5, 0.6) is 0 Å². The van der Waals surface area contributed by atoms with Gasteiger partial charge in [-0.05, 0) is 13.3 Å². The van der Waals surface area contributed by atoms with Gasteiger partial charge in [-0.3, -0.25) is 4.84 Å². The quantitative estimate of drug-likeness (QED) is 0.700. The van der Waals surface area contributed by atoms with Crippen LogP contribution >= 0.6 is 0 Å². The maximum Gasteiger partial charge on any atom is 0.332 e. The lowest BCUT2D eigenvalue weighted by atomic mass is 10.3. The molecule has 82 valence electrons. The molecule has 1 rings (SSSR count). The lowest BCUT2D eigenvalue weighted by Crippen LogP contribution is -2.12. The number of rotatable bonds is 5. The van der Waals surface area contributed by atoms with Crippen LogP contribution in [0.15, 0.2) is 6.07 Å². The molecule has 1 aromatic heterocycles. The van der Waals surface area contributed by atoms with E-state index in [9.17, 15) is 4.79 Å². The molecular weight excluding hydrogens is 198 g/mol. The second kappa shape index (κ2) is 5.26. The van der Waals surface area contributed by atoms with Crippen LogP contribution in [-0.4, -0.2) is 27.7 Å². The first-order chi connectivity index (χ1) is 7.11. The van der Waals surface area contributed by atoms with Crippen LogP contribution in [0.3, 0.4) is 0 Å². The van der Waals surface area contributed by atoms with Crippen molar-refractivity contribution in [3.63, 3.8) is 0 Å². The number of carboxylic acid groups (broad SMARTS) is 1. The van der Waals surface area contributed by atoms with Gasteiger partial charge in [0.15, 0.2) is 12.4 Å². The number of anilines is 1. The first-order valence-corrected chi connectivity index (χ1v) is 4.56. The molecule has 0 saturated carbocycles. The van der Waals surface area contributed by atoms with E-state index in [1.807, 2.05) is 6.92 Å². The van der Waals surface area contributed by atoms with E-state index < -0.39 is 12.6 Å². The van der Waals surface area contributed by atoms with Gasteiger partial charge >= 0.3 is 5.97 Å². The number of nitrogens with one attached hydrogen (secondary N) is 1. The zero-order chi connectivity index (χ0) is 11.3. The highest BCUT2D eigenvalue weighted by atomic mass is 16.7. The summed E-state index contributed by atoms with van der Waals surface area (Å²) in [5.74, 6) is 0.0559. The molecule has 0 spiro atoms. The van der Waals surface area contributed by atoms with Gasteiger partial charge in [-0.15, -0.1) is 0 Å². The molecule has 0 aromatic carbocycles. The fourth-order valence-corrected chi connectivity index (χ4v) is 1.03. The molecule has 0 radical (unpaired) electrons. The minimum absolute atomic E-state index is 0.412. The van der Waals surface area contributed by atoms with E-state index in [-0.39, 0.29) is 0 Å². The van der Waals surface area contributed by atoms with Crippen LogP contribution in [0, 0.1) is 6.92 Å². The molecule has 0 saturated heterocycles. The topological polar surface area (TPSA) is 84.3 Å². The monoisotopic (exact) mass is 211 g/mol. The van der Waals surface area contributed by atoms with Crippen molar-refractivity contribution < 1.29 is 14.7 Å². The Morgan fingerprint density at radius 1 is 1.60 bits per heavy atom. The van der Waals surface area contributed by atoms with Crippen LogP contribution in [0.4, 0.5) is 5.82 Å². The van der Waals surface area contributed by atoms with Gasteiger partial charge in [0.2, 0.25) is 0 Å². The molecule has 0 atom stereocenters. The molecule has 0 aliphatic carbocycles. The molecule has 2 N–H and O–H groups in total. The lowest BCUT2D eigenvalue weighted by molar-refractivity contribution is -0.141. The Morgan fingerprint density at radius 3 is 2.93 bits per heavy atom. The Balaban J connectivity index is 2.60. The summed E-state index contributed by atoms with van der Waals surface area (Å²) in [5, 5.41) is 8.35. The normalized spacial score (nSPS) is 10.0. The van der Waals surface area contributed by atoms with Crippen molar-refractivity contribution in [2.75, 3.05) is 12.1 Å². The number of hydrogen-bond acceptors (Lipinski definition) is 5. The minimum atomic E-state index is -1.04. The molecule has 1 heterocycles. The van der Waals surface area contributed by atoms with Crippen molar-refractivity contribution in [1.29, 1.82) is 0 Å². The molecule has 0 fully saturated rings. The third-order valence-electron chi connectivity index (χ3n) is 1.63. The van der Waals surface area contributed by atoms with Gasteiger partial charge in [-0.1, -0.05) is 6.92 Å². The van der Waals surface area contributed by atoms with Crippen LogP contribution in [-0.2, 0) is 16.1 Å². The molecular formula is C9H13N3O3. The molecule has 0 unspecified atom stereocenters. The number of aromatic nitrogens is 2. The highest BCUT2D eigenvalue weighted by Gasteiger charge is 2.01. The molecule has 1 aromatic rings. The van der Waals surface area contributed by atoms with Crippen molar-refractivity contribution in [2.45, 2.75) is 20.3 Å². The van der Waals surface area contributed by atoms with Crippen LogP contribution < -0.4 is 5.48 Å². The maximum absolute atomic E-state index is 10.2. The van der Waals surface area contributed by atoms with Gasteiger partial charge in [0.25, 0.3) is 0 Å². The SMILES string of the molecule is CCc1cc(NOCC(=O)O)nc(C)n1. The lowest BCUT2D eigenvalue weighted by Gasteiger charge is -2.06. The predicted molar refractivity (Wildman–Crippen MR) is 53.4 cm³/mol. The Morgan fingerprint density at radius 2 is 2.33 bits per heavy atom. The summed E-state index contributed by atoms with van der Waals surface area (Å²) < 4.78 is 0. The largest absolute Gasteiger partial charge is 0.479 e. The summed E-state index contributed by atoms with van der Waals surface area (Å²) in [6.45, 7) is 3.33. The van der Waals surface area contributed by atoms with E-state index in [0.717, 1.165) is 12.1 Å². The summed E-state index contributed by atoms with van der Waals surface area (Å²) in [6.07, 6.45) is 0.789. The number of nitrogens with zero attached hydrogens (tertiary/aromatic N) is 2. The van der Waals surface area contributed by atoms with Crippen molar-refractivity contribution in [2.24, 2.45) is 0 Å². The standard InChI is InChI=1S/C9H13N3O3/c1-3-7-4-8(11-6(2)10-7)12-15-5-9(13)14/h4H,3,5H2,1-2H3,(H,13,14)(H,10,11,12). The number of carboxylic acids is 1. The van der Waals surface area contributed by atoms with Gasteiger partial charge in [0.1, 0.15) is 5.82 Å². The van der Waals surface area contributed by atoms with Crippen molar-refractivity contribution in [3.8, 4) is 0 Å². The molecule has 0 amide bonds. The van der Waals surface area contributed by atoms with Crippen molar-refractivity contribution >= 4 is 11.8 Å². The summed E-state index contributed by atoms with van der Waals surface area (Å²) in [4.78, 5) is 23.1. The van der Waals surface area contributed by atoms with Gasteiger partial charge in [-0.25, -0.2) is 20.2 Å². The number of hydrogen-bond donors (Lipinski definition) is 2. The van der Waals surface area contributed by atoms with Crippen molar-refractivity contribution in [1.82, 2.24) is 9.97 Å². The van der Waals surface area contributed by atoms with E-state index in [4.69, 9.17) is 9.94 Å². The number of carbonyl (C=O) groups is 1. The molecule has 0 aliphatic heterocycles. The summed E-state index contributed by atoms with van der Waals surface area (Å²) >= 11 is 0. The van der Waals surface area contributed by atoms with Crippen LogP contribution in [0.2, 0.25) is 0 Å². The second-order valence-electron chi connectivity index (χ2n) is 2.93. The Labute approximate surface area is 87.3 Å².